The molecular weight excluding hydrogens is 540 g/mol. The van der Waals surface area contributed by atoms with Crippen LogP contribution in [0.5, 0.6) is 0 Å². The Morgan fingerprint density at radius 3 is 2.20 bits per heavy atom. The molecule has 0 aliphatic rings. The molecule has 0 saturated heterocycles. The van der Waals surface area contributed by atoms with Gasteiger partial charge in [-0.15, -0.1) is 22.7 Å². The van der Waals surface area contributed by atoms with Gasteiger partial charge in [0.2, 0.25) is 5.91 Å². The van der Waals surface area contributed by atoms with Gasteiger partial charge in [-0.3, -0.25) is 9.59 Å². The lowest BCUT2D eigenvalue weighted by Crippen LogP contribution is -2.13. The minimum Gasteiger partial charge on any atom is -0.325 e. The van der Waals surface area contributed by atoms with Gasteiger partial charge < -0.3 is 10.6 Å². The van der Waals surface area contributed by atoms with E-state index in [0.29, 0.717) is 16.3 Å². The molecule has 0 saturated carbocycles. The normalized spacial score (nSPS) is 11.1. The summed E-state index contributed by atoms with van der Waals surface area (Å²) in [6.45, 7) is 0. The van der Waals surface area contributed by atoms with Gasteiger partial charge >= 0.3 is 0 Å². The summed E-state index contributed by atoms with van der Waals surface area (Å²) in [7, 11) is 0. The van der Waals surface area contributed by atoms with Crippen LogP contribution in [0.25, 0.3) is 20.4 Å². The zero-order valence-electron chi connectivity index (χ0n) is 18.2. The van der Waals surface area contributed by atoms with Crippen LogP contribution >= 0.6 is 57.8 Å². The van der Waals surface area contributed by atoms with Crippen molar-refractivity contribution in [3.8, 4) is 0 Å². The molecule has 5 aromatic rings. The van der Waals surface area contributed by atoms with Crippen LogP contribution in [-0.2, 0) is 4.79 Å². The second-order valence-electron chi connectivity index (χ2n) is 7.30. The fourth-order valence-electron chi connectivity index (χ4n) is 3.28. The van der Waals surface area contributed by atoms with Crippen molar-refractivity contribution in [2.24, 2.45) is 0 Å². The standard InChI is InChI=1S/C24H17ClN4O2S4/c1-32-23-28-17-8-6-13(10-19(17)34-23)26-21(30)12-33-24-29-18-9-7-14(11-20(18)35-24)27-22(31)15-4-2-3-5-16(15)25/h2-11H,12H2,1H3,(H,26,30)(H,27,31). The molecule has 0 unspecified atom stereocenters. The van der Waals surface area contributed by atoms with Gasteiger partial charge in [-0.25, -0.2) is 9.97 Å². The highest BCUT2D eigenvalue weighted by atomic mass is 35.5. The van der Waals surface area contributed by atoms with E-state index in [1.54, 1.807) is 53.4 Å². The number of nitrogens with one attached hydrogen (secondary N) is 2. The molecule has 2 N–H and O–H groups in total. The lowest BCUT2D eigenvalue weighted by atomic mass is 10.2. The van der Waals surface area contributed by atoms with Crippen molar-refractivity contribution >= 4 is 101 Å². The highest BCUT2D eigenvalue weighted by Gasteiger charge is 2.13. The van der Waals surface area contributed by atoms with Crippen LogP contribution in [0.2, 0.25) is 5.02 Å². The molecule has 2 amide bonds. The number of amides is 2. The van der Waals surface area contributed by atoms with E-state index in [0.717, 1.165) is 34.8 Å². The zero-order valence-corrected chi connectivity index (χ0v) is 22.2. The summed E-state index contributed by atoms with van der Waals surface area (Å²) in [4.78, 5) is 34.2. The first-order chi connectivity index (χ1) is 17.0. The van der Waals surface area contributed by atoms with Gasteiger partial charge in [0.25, 0.3) is 5.91 Å². The summed E-state index contributed by atoms with van der Waals surface area (Å²) < 4.78 is 3.75. The first-order valence-electron chi connectivity index (χ1n) is 10.3. The lowest BCUT2D eigenvalue weighted by Gasteiger charge is -2.06. The summed E-state index contributed by atoms with van der Waals surface area (Å²) in [6, 6.07) is 18.2. The first kappa shape index (κ1) is 24.1. The van der Waals surface area contributed by atoms with E-state index in [-0.39, 0.29) is 17.6 Å². The Bertz CT molecular complexity index is 1570. The fraction of sp³-hybridized carbons (Fsp3) is 0.0833. The monoisotopic (exact) mass is 556 g/mol. The molecule has 176 valence electrons. The number of carbonyl (C=O) groups is 2. The van der Waals surface area contributed by atoms with Crippen molar-refractivity contribution in [2.75, 3.05) is 22.6 Å². The third kappa shape index (κ3) is 5.62. The number of hydrogen-bond acceptors (Lipinski definition) is 8. The van der Waals surface area contributed by atoms with E-state index in [2.05, 4.69) is 20.6 Å². The molecule has 0 spiro atoms. The van der Waals surface area contributed by atoms with Crippen molar-refractivity contribution < 1.29 is 9.59 Å². The Morgan fingerprint density at radius 2 is 1.51 bits per heavy atom. The van der Waals surface area contributed by atoms with E-state index < -0.39 is 0 Å². The number of aromatic nitrogens is 2. The zero-order chi connectivity index (χ0) is 24.4. The Labute approximate surface area is 222 Å². The smallest absolute Gasteiger partial charge is 0.257 e. The van der Waals surface area contributed by atoms with E-state index in [9.17, 15) is 9.59 Å². The van der Waals surface area contributed by atoms with Gasteiger partial charge in [-0.2, -0.15) is 0 Å². The molecule has 0 radical (unpaired) electrons. The van der Waals surface area contributed by atoms with E-state index >= 15 is 0 Å². The van der Waals surface area contributed by atoms with Gasteiger partial charge in [0, 0.05) is 11.4 Å². The minimum absolute atomic E-state index is 0.101. The Balaban J connectivity index is 1.21. The molecule has 11 heteroatoms. The molecule has 5 rings (SSSR count). The number of nitrogens with zero attached hydrogens (tertiary/aromatic N) is 2. The van der Waals surface area contributed by atoms with Crippen molar-refractivity contribution in [2.45, 2.75) is 8.68 Å². The Hall–Kier alpha value is -2.63. The SMILES string of the molecule is CSc1nc2ccc(NC(=O)CSc3nc4ccc(NC(=O)c5ccccc5Cl)cc4s3)cc2s1. The predicted molar refractivity (Wildman–Crippen MR) is 150 cm³/mol. The number of carbonyl (C=O) groups excluding carboxylic acids is 2. The average Bonchev–Trinajstić information content (AvgIpc) is 3.45. The second kappa shape index (κ2) is 10.5. The minimum atomic E-state index is -0.271. The Kier molecular flexibility index (Phi) is 7.26. The lowest BCUT2D eigenvalue weighted by molar-refractivity contribution is -0.113. The van der Waals surface area contributed by atoms with Crippen LogP contribution in [0.4, 0.5) is 11.4 Å². The van der Waals surface area contributed by atoms with Gasteiger partial charge in [0.05, 0.1) is 36.8 Å². The summed E-state index contributed by atoms with van der Waals surface area (Å²) >= 11 is 12.2. The average molecular weight is 557 g/mol. The Morgan fingerprint density at radius 1 is 0.886 bits per heavy atom. The van der Waals surface area contributed by atoms with Crippen LogP contribution in [0.1, 0.15) is 10.4 Å². The number of fused-ring (bicyclic) bond motifs is 2. The van der Waals surface area contributed by atoms with Gasteiger partial charge in [-0.05, 0) is 54.8 Å². The molecule has 0 bridgehead atoms. The van der Waals surface area contributed by atoms with Crippen molar-refractivity contribution in [3.05, 3.63) is 71.2 Å². The number of hydrogen-bond donors (Lipinski definition) is 2. The predicted octanol–water partition coefficient (Wildman–Crippen LogP) is 7.26. The van der Waals surface area contributed by atoms with Crippen LogP contribution in [-0.4, -0.2) is 33.8 Å². The van der Waals surface area contributed by atoms with Crippen LogP contribution in [0, 0.1) is 0 Å². The maximum atomic E-state index is 12.5. The van der Waals surface area contributed by atoms with Crippen molar-refractivity contribution in [1.29, 1.82) is 0 Å². The number of thioether (sulfide) groups is 2. The van der Waals surface area contributed by atoms with Crippen LogP contribution < -0.4 is 10.6 Å². The summed E-state index contributed by atoms with van der Waals surface area (Å²) in [5.74, 6) is -0.130. The highest BCUT2D eigenvalue weighted by Crippen LogP contribution is 2.32. The molecule has 0 atom stereocenters. The van der Waals surface area contributed by atoms with Crippen molar-refractivity contribution in [3.63, 3.8) is 0 Å². The largest absolute Gasteiger partial charge is 0.325 e. The molecule has 2 aromatic heterocycles. The summed E-state index contributed by atoms with van der Waals surface area (Å²) in [5.41, 5.74) is 3.57. The van der Waals surface area contributed by atoms with E-state index in [1.807, 2.05) is 36.6 Å². The van der Waals surface area contributed by atoms with Crippen LogP contribution in [0.3, 0.4) is 0 Å². The maximum Gasteiger partial charge on any atom is 0.257 e. The van der Waals surface area contributed by atoms with Crippen LogP contribution in [0.15, 0.2) is 69.3 Å². The van der Waals surface area contributed by atoms with Crippen molar-refractivity contribution in [1.82, 2.24) is 9.97 Å². The molecular formula is C24H17ClN4O2S4. The number of benzene rings is 3. The molecule has 2 heterocycles. The molecule has 6 nitrogen and oxygen atoms in total. The van der Waals surface area contributed by atoms with E-state index in [4.69, 9.17) is 11.6 Å². The summed E-state index contributed by atoms with van der Waals surface area (Å²) in [6.07, 6.45) is 2.00. The third-order valence-corrected chi connectivity index (χ3v) is 9.39. The number of thiazole rings is 2. The van der Waals surface area contributed by atoms with Gasteiger partial charge in [-0.1, -0.05) is 47.3 Å². The number of rotatable bonds is 7. The third-order valence-electron chi connectivity index (χ3n) is 4.90. The molecule has 0 aliphatic carbocycles. The van der Waals surface area contributed by atoms with E-state index in [1.165, 1.54) is 23.1 Å². The second-order valence-corrected chi connectivity index (χ2v) is 12.0. The number of anilines is 2. The molecule has 3 aromatic carbocycles. The topological polar surface area (TPSA) is 84.0 Å². The maximum absolute atomic E-state index is 12.5. The number of halogens is 1. The molecule has 0 aliphatic heterocycles. The fourth-order valence-corrected chi connectivity index (χ4v) is 6.94. The highest BCUT2D eigenvalue weighted by molar-refractivity contribution is 8.01. The summed E-state index contributed by atoms with van der Waals surface area (Å²) in [5, 5.41) is 6.22. The first-order valence-corrected chi connectivity index (χ1v) is 14.5. The van der Waals surface area contributed by atoms with Gasteiger partial charge in [0.15, 0.2) is 8.68 Å². The molecule has 0 fully saturated rings. The molecule has 35 heavy (non-hydrogen) atoms. The quantitative estimate of drug-likeness (QED) is 0.205. The van der Waals surface area contributed by atoms with Gasteiger partial charge in [0.1, 0.15) is 0 Å².